The molecule has 0 bridgehead atoms. The summed E-state index contributed by atoms with van der Waals surface area (Å²) in [6.07, 6.45) is 4.70. The van der Waals surface area contributed by atoms with Gasteiger partial charge in [0.1, 0.15) is 5.75 Å². The number of ether oxygens (including phenoxy) is 1. The lowest BCUT2D eigenvalue weighted by molar-refractivity contribution is 0.246. The fourth-order valence-electron chi connectivity index (χ4n) is 3.68. The van der Waals surface area contributed by atoms with Crippen LogP contribution >= 0.6 is 0 Å². The average Bonchev–Trinajstić information content (AvgIpc) is 3.41. The third-order valence-electron chi connectivity index (χ3n) is 5.38. The number of methoxy groups -OCH3 is 1. The highest BCUT2D eigenvalue weighted by molar-refractivity contribution is 7.89. The Morgan fingerprint density at radius 2 is 2.11 bits per heavy atom. The van der Waals surface area contributed by atoms with Crippen molar-refractivity contribution in [3.8, 4) is 5.75 Å². The number of nitrogens with zero attached hydrogens (tertiary/aromatic N) is 3. The zero-order chi connectivity index (χ0) is 19.0. The molecule has 146 valence electrons. The van der Waals surface area contributed by atoms with Crippen LogP contribution in [0.5, 0.6) is 5.75 Å². The van der Waals surface area contributed by atoms with Gasteiger partial charge < -0.3 is 9.26 Å². The summed E-state index contributed by atoms with van der Waals surface area (Å²) in [4.78, 5) is 4.80. The summed E-state index contributed by atoms with van der Waals surface area (Å²) >= 11 is 0. The first-order chi connectivity index (χ1) is 13.0. The van der Waals surface area contributed by atoms with Crippen molar-refractivity contribution in [1.29, 1.82) is 0 Å². The van der Waals surface area contributed by atoms with Crippen LogP contribution in [0.1, 0.15) is 48.9 Å². The van der Waals surface area contributed by atoms with Gasteiger partial charge in [0.2, 0.25) is 15.9 Å². The molecule has 4 rings (SSSR count). The molecule has 0 spiro atoms. The Bertz CT molecular complexity index is 921. The minimum absolute atomic E-state index is 0.195. The minimum atomic E-state index is -3.52. The van der Waals surface area contributed by atoms with Crippen LogP contribution in [-0.2, 0) is 16.4 Å². The number of sulfonamides is 1. The van der Waals surface area contributed by atoms with E-state index < -0.39 is 10.0 Å². The molecule has 0 amide bonds. The first-order valence-electron chi connectivity index (χ1n) is 9.44. The summed E-state index contributed by atoms with van der Waals surface area (Å²) in [5, 5.41) is 4.06. The molecule has 0 radical (unpaired) electrons. The number of rotatable bonds is 6. The first-order valence-corrected chi connectivity index (χ1v) is 10.9. The molecule has 2 aliphatic rings. The third-order valence-corrected chi connectivity index (χ3v) is 7.24. The maximum absolute atomic E-state index is 13.1. The number of hydrogen-bond donors (Lipinski definition) is 0. The normalized spacial score (nSPS) is 21.3. The highest BCUT2D eigenvalue weighted by Crippen LogP contribution is 2.38. The summed E-state index contributed by atoms with van der Waals surface area (Å²) in [5.74, 6) is 2.78. The second-order valence-electron chi connectivity index (χ2n) is 7.53. The summed E-state index contributed by atoms with van der Waals surface area (Å²) in [7, 11) is -1.94. The summed E-state index contributed by atoms with van der Waals surface area (Å²) < 4.78 is 38.3. The van der Waals surface area contributed by atoms with Crippen molar-refractivity contribution in [2.75, 3.05) is 20.2 Å². The summed E-state index contributed by atoms with van der Waals surface area (Å²) in [6, 6.07) is 5.00. The third kappa shape index (κ3) is 3.87. The molecular weight excluding hydrogens is 366 g/mol. The van der Waals surface area contributed by atoms with Gasteiger partial charge in [0, 0.05) is 25.4 Å². The lowest BCUT2D eigenvalue weighted by atomic mass is 9.96. The highest BCUT2D eigenvalue weighted by Gasteiger charge is 2.33. The zero-order valence-electron chi connectivity index (χ0n) is 15.7. The molecule has 2 heterocycles. The van der Waals surface area contributed by atoms with Crippen molar-refractivity contribution in [3.63, 3.8) is 0 Å². The Labute approximate surface area is 159 Å². The molecule has 1 aliphatic heterocycles. The van der Waals surface area contributed by atoms with Gasteiger partial charge in [0.15, 0.2) is 5.82 Å². The standard InChI is InChI=1S/C19H25N3O4S/c1-13-10-16(7-8-17(13)25-2)27(23,24)22-9-3-4-14(12-22)11-18-20-19(21-26-18)15-5-6-15/h7-8,10,14-15H,3-6,9,11-12H2,1-2H3. The van der Waals surface area contributed by atoms with Crippen molar-refractivity contribution >= 4 is 10.0 Å². The van der Waals surface area contributed by atoms with Gasteiger partial charge in [0.25, 0.3) is 0 Å². The molecule has 1 saturated carbocycles. The molecule has 7 nitrogen and oxygen atoms in total. The molecule has 2 fully saturated rings. The van der Waals surface area contributed by atoms with Gasteiger partial charge in [-0.05, 0) is 62.3 Å². The molecule has 1 aliphatic carbocycles. The van der Waals surface area contributed by atoms with Crippen molar-refractivity contribution < 1.29 is 17.7 Å². The van der Waals surface area contributed by atoms with E-state index in [-0.39, 0.29) is 5.92 Å². The van der Waals surface area contributed by atoms with Crippen LogP contribution in [0.2, 0.25) is 0 Å². The van der Waals surface area contributed by atoms with Crippen LogP contribution in [-0.4, -0.2) is 43.1 Å². The molecule has 8 heteroatoms. The Hall–Kier alpha value is -1.93. The quantitative estimate of drug-likeness (QED) is 0.753. The summed E-state index contributed by atoms with van der Waals surface area (Å²) in [6.45, 7) is 2.87. The fourth-order valence-corrected chi connectivity index (χ4v) is 5.32. The maximum atomic E-state index is 13.1. The lowest BCUT2D eigenvalue weighted by Gasteiger charge is -2.31. The molecule has 1 aromatic heterocycles. The zero-order valence-corrected chi connectivity index (χ0v) is 16.5. The van der Waals surface area contributed by atoms with Gasteiger partial charge >= 0.3 is 0 Å². The molecule has 1 unspecified atom stereocenters. The Balaban J connectivity index is 1.46. The second-order valence-corrected chi connectivity index (χ2v) is 9.47. The predicted octanol–water partition coefficient (Wildman–Crippen LogP) is 2.91. The maximum Gasteiger partial charge on any atom is 0.243 e. The van der Waals surface area contributed by atoms with E-state index in [0.717, 1.165) is 37.1 Å². The van der Waals surface area contributed by atoms with Gasteiger partial charge in [0.05, 0.1) is 12.0 Å². The average molecular weight is 391 g/mol. The predicted molar refractivity (Wildman–Crippen MR) is 99.2 cm³/mol. The SMILES string of the molecule is COc1ccc(S(=O)(=O)N2CCCC(Cc3nc(C4CC4)no3)C2)cc1C. The van der Waals surface area contributed by atoms with E-state index in [1.807, 2.05) is 6.92 Å². The number of aryl methyl sites for hydroxylation is 1. The number of benzene rings is 1. The number of aromatic nitrogens is 2. The van der Waals surface area contributed by atoms with Crippen LogP contribution < -0.4 is 4.74 Å². The van der Waals surface area contributed by atoms with Crippen LogP contribution in [0, 0.1) is 12.8 Å². The van der Waals surface area contributed by atoms with Crippen LogP contribution in [0.25, 0.3) is 0 Å². The van der Waals surface area contributed by atoms with Crippen molar-refractivity contribution in [2.45, 2.75) is 49.8 Å². The number of hydrogen-bond acceptors (Lipinski definition) is 6. The van der Waals surface area contributed by atoms with E-state index in [4.69, 9.17) is 9.26 Å². The molecule has 1 saturated heterocycles. The van der Waals surface area contributed by atoms with Gasteiger partial charge in [-0.2, -0.15) is 9.29 Å². The molecule has 27 heavy (non-hydrogen) atoms. The Kier molecular flexibility index (Phi) is 4.94. The van der Waals surface area contributed by atoms with E-state index in [1.165, 1.54) is 0 Å². The van der Waals surface area contributed by atoms with E-state index in [2.05, 4.69) is 10.1 Å². The van der Waals surface area contributed by atoms with Crippen molar-refractivity contribution in [3.05, 3.63) is 35.5 Å². The largest absolute Gasteiger partial charge is 0.496 e. The van der Waals surface area contributed by atoms with E-state index in [1.54, 1.807) is 29.6 Å². The van der Waals surface area contributed by atoms with Gasteiger partial charge in [-0.15, -0.1) is 0 Å². The van der Waals surface area contributed by atoms with Gasteiger partial charge in [-0.1, -0.05) is 5.16 Å². The second kappa shape index (κ2) is 7.24. The fraction of sp³-hybridized carbons (Fsp3) is 0.579. The van der Waals surface area contributed by atoms with Gasteiger partial charge in [-0.25, -0.2) is 8.42 Å². The minimum Gasteiger partial charge on any atom is -0.496 e. The molecule has 2 aromatic rings. The topological polar surface area (TPSA) is 85.5 Å². The van der Waals surface area contributed by atoms with Crippen molar-refractivity contribution in [1.82, 2.24) is 14.4 Å². The molecule has 1 aromatic carbocycles. The van der Waals surface area contributed by atoms with Crippen LogP contribution in [0.3, 0.4) is 0 Å². The summed E-state index contributed by atoms with van der Waals surface area (Å²) in [5.41, 5.74) is 0.811. The highest BCUT2D eigenvalue weighted by atomic mass is 32.2. The van der Waals surface area contributed by atoms with E-state index in [0.29, 0.717) is 42.0 Å². The number of piperidine rings is 1. The van der Waals surface area contributed by atoms with Crippen LogP contribution in [0.4, 0.5) is 0 Å². The first kappa shape index (κ1) is 18.4. The van der Waals surface area contributed by atoms with E-state index >= 15 is 0 Å². The smallest absolute Gasteiger partial charge is 0.243 e. The lowest BCUT2D eigenvalue weighted by Crippen LogP contribution is -2.40. The molecular formula is C19H25N3O4S. The van der Waals surface area contributed by atoms with Gasteiger partial charge in [-0.3, -0.25) is 0 Å². The molecule has 0 N–H and O–H groups in total. The van der Waals surface area contributed by atoms with Crippen molar-refractivity contribution in [2.24, 2.45) is 5.92 Å². The van der Waals surface area contributed by atoms with Crippen LogP contribution in [0.15, 0.2) is 27.6 Å². The molecule has 1 atom stereocenters. The van der Waals surface area contributed by atoms with E-state index in [9.17, 15) is 8.42 Å². The monoisotopic (exact) mass is 391 g/mol. The Morgan fingerprint density at radius 3 is 2.81 bits per heavy atom. The Morgan fingerprint density at radius 1 is 1.30 bits per heavy atom.